The third-order valence-electron chi connectivity index (χ3n) is 2.67. The maximum absolute atomic E-state index is 11.9. The van der Waals surface area contributed by atoms with E-state index in [9.17, 15) is 4.79 Å². The average molecular weight is 261 g/mol. The van der Waals surface area contributed by atoms with Gasteiger partial charge < -0.3 is 4.98 Å². The van der Waals surface area contributed by atoms with E-state index in [1.54, 1.807) is 0 Å². The summed E-state index contributed by atoms with van der Waals surface area (Å²) in [4.78, 5) is 22.5. The lowest BCUT2D eigenvalue weighted by atomic mass is 10.2. The molecule has 0 bridgehead atoms. The van der Waals surface area contributed by atoms with Crippen LogP contribution in [0.15, 0.2) is 41.3 Å². The quantitative estimate of drug-likeness (QED) is 0.715. The summed E-state index contributed by atoms with van der Waals surface area (Å²) in [6.07, 6.45) is 1.51. The fourth-order valence-electron chi connectivity index (χ4n) is 1.84. The minimum absolute atomic E-state index is 0.128. The largest absolute Gasteiger partial charge is 0.328 e. The first-order valence-corrected chi connectivity index (χ1v) is 5.77. The van der Waals surface area contributed by atoms with Crippen LogP contribution in [0.1, 0.15) is 5.56 Å². The second-order valence-corrected chi connectivity index (χ2v) is 4.22. The highest BCUT2D eigenvalue weighted by atomic mass is 35.5. The van der Waals surface area contributed by atoms with Crippen molar-refractivity contribution < 1.29 is 0 Å². The molecule has 0 saturated carbocycles. The molecule has 0 fully saturated rings. The molecule has 0 unspecified atom stereocenters. The molecule has 1 N–H and O–H groups in total. The van der Waals surface area contributed by atoms with Gasteiger partial charge in [0.2, 0.25) is 5.28 Å². The average Bonchev–Trinajstić information content (AvgIpc) is 2.67. The fourth-order valence-corrected chi connectivity index (χ4v) is 1.97. The fraction of sp³-hybridized carbons (Fsp3) is 0.0833. The normalized spacial score (nSPS) is 10.9. The number of aromatic nitrogens is 4. The van der Waals surface area contributed by atoms with Crippen molar-refractivity contribution in [1.82, 2.24) is 19.5 Å². The predicted molar refractivity (Wildman–Crippen MR) is 68.7 cm³/mol. The SMILES string of the molecule is O=c1[nH]c2cnc(Cl)nc2n1Cc1ccccc1. The van der Waals surface area contributed by atoms with Crippen LogP contribution in [0.25, 0.3) is 11.2 Å². The van der Waals surface area contributed by atoms with Gasteiger partial charge in [0.1, 0.15) is 5.52 Å². The Kier molecular flexibility index (Phi) is 2.60. The Morgan fingerprint density at radius 2 is 2.06 bits per heavy atom. The van der Waals surface area contributed by atoms with Gasteiger partial charge in [-0.2, -0.15) is 4.98 Å². The topological polar surface area (TPSA) is 63.6 Å². The van der Waals surface area contributed by atoms with Gasteiger partial charge in [-0.05, 0) is 17.2 Å². The van der Waals surface area contributed by atoms with E-state index in [0.29, 0.717) is 17.7 Å². The van der Waals surface area contributed by atoms with Crippen molar-refractivity contribution in [3.05, 3.63) is 57.9 Å². The highest BCUT2D eigenvalue weighted by Gasteiger charge is 2.09. The third kappa shape index (κ3) is 1.89. The van der Waals surface area contributed by atoms with Crippen LogP contribution in [0.5, 0.6) is 0 Å². The molecule has 6 heteroatoms. The van der Waals surface area contributed by atoms with Crippen molar-refractivity contribution in [2.75, 3.05) is 0 Å². The molecular formula is C12H9ClN4O. The molecular weight excluding hydrogens is 252 g/mol. The maximum Gasteiger partial charge on any atom is 0.328 e. The highest BCUT2D eigenvalue weighted by Crippen LogP contribution is 2.11. The van der Waals surface area contributed by atoms with E-state index in [1.165, 1.54) is 10.8 Å². The number of fused-ring (bicyclic) bond motifs is 1. The van der Waals surface area contributed by atoms with Crippen LogP contribution in [0.4, 0.5) is 0 Å². The summed E-state index contributed by atoms with van der Waals surface area (Å²) in [5.41, 5.74) is 1.91. The zero-order chi connectivity index (χ0) is 12.5. The van der Waals surface area contributed by atoms with Crippen LogP contribution >= 0.6 is 11.6 Å². The molecule has 18 heavy (non-hydrogen) atoms. The first-order chi connectivity index (χ1) is 8.74. The zero-order valence-corrected chi connectivity index (χ0v) is 10.1. The molecule has 0 saturated heterocycles. The van der Waals surface area contributed by atoms with E-state index in [2.05, 4.69) is 15.0 Å². The van der Waals surface area contributed by atoms with Crippen LogP contribution in [0.3, 0.4) is 0 Å². The second-order valence-electron chi connectivity index (χ2n) is 3.88. The van der Waals surface area contributed by atoms with Crippen LogP contribution in [-0.4, -0.2) is 19.5 Å². The van der Waals surface area contributed by atoms with Gasteiger partial charge in [0, 0.05) is 0 Å². The molecule has 0 atom stereocenters. The Bertz CT molecular complexity index is 748. The summed E-state index contributed by atoms with van der Waals surface area (Å²) < 4.78 is 1.54. The lowest BCUT2D eigenvalue weighted by molar-refractivity contribution is 0.777. The summed E-state index contributed by atoms with van der Waals surface area (Å²) in [7, 11) is 0. The Labute approximate surface area is 107 Å². The zero-order valence-electron chi connectivity index (χ0n) is 9.30. The Balaban J connectivity index is 2.14. The van der Waals surface area contributed by atoms with Crippen molar-refractivity contribution in [2.45, 2.75) is 6.54 Å². The second kappa shape index (κ2) is 4.27. The van der Waals surface area contributed by atoms with E-state index in [-0.39, 0.29) is 11.0 Å². The molecule has 5 nitrogen and oxygen atoms in total. The first kappa shape index (κ1) is 11.0. The molecule has 3 aromatic rings. The number of benzene rings is 1. The maximum atomic E-state index is 11.9. The van der Waals surface area contributed by atoms with E-state index in [4.69, 9.17) is 11.6 Å². The summed E-state index contributed by atoms with van der Waals surface area (Å²) >= 11 is 5.75. The number of nitrogens with zero attached hydrogens (tertiary/aromatic N) is 3. The number of aromatic amines is 1. The van der Waals surface area contributed by atoms with Crippen LogP contribution in [0.2, 0.25) is 5.28 Å². The number of H-pyrrole nitrogens is 1. The van der Waals surface area contributed by atoms with Gasteiger partial charge >= 0.3 is 5.69 Å². The lowest BCUT2D eigenvalue weighted by Gasteiger charge is -2.02. The van der Waals surface area contributed by atoms with Gasteiger partial charge in [-0.1, -0.05) is 30.3 Å². The molecule has 0 aliphatic carbocycles. The molecule has 1 aromatic carbocycles. The Hall–Kier alpha value is -2.14. The summed E-state index contributed by atoms with van der Waals surface area (Å²) in [6.45, 7) is 0.451. The van der Waals surface area contributed by atoms with Crippen molar-refractivity contribution in [1.29, 1.82) is 0 Å². The molecule has 0 aliphatic rings. The Morgan fingerprint density at radius 3 is 2.83 bits per heavy atom. The molecule has 2 heterocycles. The van der Waals surface area contributed by atoms with E-state index in [0.717, 1.165) is 5.56 Å². The van der Waals surface area contributed by atoms with Crippen LogP contribution in [-0.2, 0) is 6.54 Å². The lowest BCUT2D eigenvalue weighted by Crippen LogP contribution is -2.17. The molecule has 0 radical (unpaired) electrons. The molecule has 90 valence electrons. The molecule has 0 amide bonds. The number of hydrogen-bond acceptors (Lipinski definition) is 3. The van der Waals surface area contributed by atoms with Crippen molar-refractivity contribution in [3.8, 4) is 0 Å². The van der Waals surface area contributed by atoms with Crippen molar-refractivity contribution in [2.24, 2.45) is 0 Å². The Morgan fingerprint density at radius 1 is 1.28 bits per heavy atom. The smallest absolute Gasteiger partial charge is 0.303 e. The number of hydrogen-bond donors (Lipinski definition) is 1. The van der Waals surface area contributed by atoms with Gasteiger partial charge in [0.05, 0.1) is 12.7 Å². The summed E-state index contributed by atoms with van der Waals surface area (Å²) in [5, 5.41) is 0.128. The van der Waals surface area contributed by atoms with Crippen molar-refractivity contribution >= 4 is 22.8 Å². The summed E-state index contributed by atoms with van der Waals surface area (Å²) in [6, 6.07) is 9.69. The van der Waals surface area contributed by atoms with E-state index < -0.39 is 0 Å². The molecule has 2 aromatic heterocycles. The third-order valence-corrected chi connectivity index (χ3v) is 2.85. The number of rotatable bonds is 2. The van der Waals surface area contributed by atoms with Crippen LogP contribution in [0, 0.1) is 0 Å². The van der Waals surface area contributed by atoms with Gasteiger partial charge in [-0.15, -0.1) is 0 Å². The van der Waals surface area contributed by atoms with Gasteiger partial charge in [-0.3, -0.25) is 4.57 Å². The van der Waals surface area contributed by atoms with Gasteiger partial charge in [0.25, 0.3) is 0 Å². The van der Waals surface area contributed by atoms with E-state index >= 15 is 0 Å². The van der Waals surface area contributed by atoms with Crippen LogP contribution < -0.4 is 5.69 Å². The minimum atomic E-state index is -0.217. The van der Waals surface area contributed by atoms with E-state index in [1.807, 2.05) is 30.3 Å². The predicted octanol–water partition coefficient (Wildman–Crippen LogP) is 1.82. The summed E-state index contributed by atoms with van der Waals surface area (Å²) in [5.74, 6) is 0. The highest BCUT2D eigenvalue weighted by molar-refractivity contribution is 6.28. The monoisotopic (exact) mass is 260 g/mol. The van der Waals surface area contributed by atoms with Crippen molar-refractivity contribution in [3.63, 3.8) is 0 Å². The standard InChI is InChI=1S/C12H9ClN4O/c13-11-14-6-9-10(16-11)17(12(18)15-9)7-8-4-2-1-3-5-8/h1-6H,7H2,(H,15,18). The van der Waals surface area contributed by atoms with Gasteiger partial charge in [-0.25, -0.2) is 9.78 Å². The molecule has 0 spiro atoms. The van der Waals surface area contributed by atoms with Gasteiger partial charge in [0.15, 0.2) is 5.65 Å². The minimum Gasteiger partial charge on any atom is -0.303 e. The molecule has 3 rings (SSSR count). The number of nitrogens with one attached hydrogen (secondary N) is 1. The molecule has 0 aliphatic heterocycles. The number of imidazole rings is 1. The first-order valence-electron chi connectivity index (χ1n) is 5.39. The number of halogens is 1.